The summed E-state index contributed by atoms with van der Waals surface area (Å²) in [5.41, 5.74) is 3.58. The number of rotatable bonds is 2. The Morgan fingerprint density at radius 1 is 1.57 bits per heavy atom. The number of carboxylic acid groups (broad SMARTS) is 1. The topological polar surface area (TPSA) is 72.5 Å². The van der Waals surface area contributed by atoms with E-state index in [-0.39, 0.29) is 0 Å². The Labute approximate surface area is 77.9 Å². The van der Waals surface area contributed by atoms with Crippen LogP contribution in [0, 0.1) is 11.6 Å². The first-order valence-corrected chi connectivity index (χ1v) is 3.53. The summed E-state index contributed by atoms with van der Waals surface area (Å²) in [6, 6.07) is 0.667. The molecule has 0 aliphatic rings. The van der Waals surface area contributed by atoms with Gasteiger partial charge >= 0.3 is 5.97 Å². The monoisotopic (exact) mass is 203 g/mol. The minimum atomic E-state index is -1.63. The molecule has 0 bridgehead atoms. The van der Waals surface area contributed by atoms with Crippen molar-refractivity contribution in [2.45, 2.75) is 0 Å². The Bertz CT molecular complexity index is 393. The fourth-order valence-corrected chi connectivity index (χ4v) is 1.02. The van der Waals surface area contributed by atoms with Gasteiger partial charge in [-0.15, -0.1) is 0 Å². The lowest BCUT2D eigenvalue weighted by Gasteiger charge is -2.08. The molecule has 6 heteroatoms. The van der Waals surface area contributed by atoms with Crippen molar-refractivity contribution in [3.63, 3.8) is 0 Å². The molecule has 0 amide bonds. The molecular weight excluding hydrogens is 196 g/mol. The molecule has 14 heavy (non-hydrogen) atoms. The average Bonchev–Trinajstić information content (AvgIpc) is 2.10. The summed E-state index contributed by atoms with van der Waals surface area (Å²) in [5.74, 6) is -4.51. The summed E-state index contributed by atoms with van der Waals surface area (Å²) in [7, 11) is 1.04. The molecule has 0 aromatic heterocycles. The zero-order valence-corrected chi connectivity index (χ0v) is 7.17. The molecule has 0 atom stereocenters. The second-order valence-corrected chi connectivity index (χ2v) is 2.48. The van der Waals surface area contributed by atoms with Crippen LogP contribution in [0.3, 0.4) is 0 Å². The van der Waals surface area contributed by atoms with E-state index in [4.69, 9.17) is 10.8 Å². The summed E-state index contributed by atoms with van der Waals surface area (Å²) in [6.45, 7) is 0. The van der Waals surface area contributed by atoms with Crippen LogP contribution in [-0.4, -0.2) is 18.2 Å². The highest BCUT2D eigenvalue weighted by Gasteiger charge is 2.23. The van der Waals surface area contributed by atoms with Crippen LogP contribution in [-0.2, 0) is 0 Å². The summed E-state index contributed by atoms with van der Waals surface area (Å²) in [5, 5.41) is 8.58. The second-order valence-electron chi connectivity index (χ2n) is 2.48. The standard InChI is InChI=1S/C8H7F2NO3/c1-14-7-3(9)2-4(11)6(10)5(7)8(12)13/h2H,11H2,1H3,(H,12,13). The fourth-order valence-electron chi connectivity index (χ4n) is 1.02. The maximum absolute atomic E-state index is 13.1. The van der Waals surface area contributed by atoms with Gasteiger partial charge in [-0.25, -0.2) is 13.6 Å². The molecule has 1 aromatic rings. The molecule has 0 aliphatic carbocycles. The first kappa shape index (κ1) is 10.2. The SMILES string of the molecule is COc1c(F)cc(N)c(F)c1C(=O)O. The Hall–Kier alpha value is -1.85. The molecule has 0 unspecified atom stereocenters. The van der Waals surface area contributed by atoms with Gasteiger partial charge < -0.3 is 15.6 Å². The van der Waals surface area contributed by atoms with Crippen LogP contribution in [0.25, 0.3) is 0 Å². The third-order valence-electron chi connectivity index (χ3n) is 1.62. The maximum Gasteiger partial charge on any atom is 0.342 e. The normalized spacial score (nSPS) is 9.93. The van der Waals surface area contributed by atoms with Crippen molar-refractivity contribution in [2.75, 3.05) is 12.8 Å². The molecule has 0 spiro atoms. The van der Waals surface area contributed by atoms with Crippen LogP contribution in [0.15, 0.2) is 6.07 Å². The van der Waals surface area contributed by atoms with Crippen molar-refractivity contribution in [1.82, 2.24) is 0 Å². The second kappa shape index (κ2) is 3.49. The number of methoxy groups -OCH3 is 1. The van der Waals surface area contributed by atoms with Gasteiger partial charge in [0.2, 0.25) is 0 Å². The maximum atomic E-state index is 13.1. The predicted octanol–water partition coefficient (Wildman–Crippen LogP) is 1.25. The van der Waals surface area contributed by atoms with Gasteiger partial charge in [0, 0.05) is 6.07 Å². The number of hydrogen-bond acceptors (Lipinski definition) is 3. The van der Waals surface area contributed by atoms with E-state index in [2.05, 4.69) is 4.74 Å². The molecule has 1 aromatic carbocycles. The number of halogens is 2. The molecule has 0 saturated carbocycles. The third-order valence-corrected chi connectivity index (χ3v) is 1.62. The number of anilines is 1. The minimum Gasteiger partial charge on any atom is -0.493 e. The van der Waals surface area contributed by atoms with Crippen LogP contribution < -0.4 is 10.5 Å². The van der Waals surface area contributed by atoms with Gasteiger partial charge in [0.05, 0.1) is 12.8 Å². The van der Waals surface area contributed by atoms with Crippen molar-refractivity contribution >= 4 is 11.7 Å². The van der Waals surface area contributed by atoms with Crippen molar-refractivity contribution in [2.24, 2.45) is 0 Å². The Kier molecular flexibility index (Phi) is 2.55. The van der Waals surface area contributed by atoms with Crippen LogP contribution >= 0.6 is 0 Å². The first-order chi connectivity index (χ1) is 6.49. The van der Waals surface area contributed by atoms with Gasteiger partial charge in [-0.05, 0) is 0 Å². The quantitative estimate of drug-likeness (QED) is 0.709. The first-order valence-electron chi connectivity index (χ1n) is 3.53. The van der Waals surface area contributed by atoms with Gasteiger partial charge in [0.1, 0.15) is 5.56 Å². The number of aromatic carboxylic acids is 1. The highest BCUT2D eigenvalue weighted by Crippen LogP contribution is 2.29. The number of ether oxygens (including phenoxy) is 1. The summed E-state index contributed by atoms with van der Waals surface area (Å²) in [4.78, 5) is 10.6. The Morgan fingerprint density at radius 2 is 2.14 bits per heavy atom. The lowest BCUT2D eigenvalue weighted by molar-refractivity contribution is 0.0687. The summed E-state index contributed by atoms with van der Waals surface area (Å²) < 4.78 is 30.6. The lowest BCUT2D eigenvalue weighted by atomic mass is 10.1. The number of benzene rings is 1. The zero-order valence-electron chi connectivity index (χ0n) is 7.17. The molecule has 3 N–H and O–H groups in total. The van der Waals surface area contributed by atoms with E-state index in [9.17, 15) is 13.6 Å². The van der Waals surface area contributed by atoms with Crippen molar-refractivity contribution in [3.8, 4) is 5.75 Å². The zero-order chi connectivity index (χ0) is 10.9. The van der Waals surface area contributed by atoms with E-state index in [1.165, 1.54) is 0 Å². The van der Waals surface area contributed by atoms with E-state index in [1.54, 1.807) is 0 Å². The number of hydrogen-bond donors (Lipinski definition) is 2. The molecule has 1 rings (SSSR count). The highest BCUT2D eigenvalue weighted by atomic mass is 19.1. The average molecular weight is 203 g/mol. The number of nitrogens with two attached hydrogens (primary N) is 1. The Morgan fingerprint density at radius 3 is 2.57 bits per heavy atom. The highest BCUT2D eigenvalue weighted by molar-refractivity contribution is 5.92. The number of carboxylic acids is 1. The van der Waals surface area contributed by atoms with Crippen molar-refractivity contribution < 1.29 is 23.4 Å². The fraction of sp³-hybridized carbons (Fsp3) is 0.125. The van der Waals surface area contributed by atoms with Crippen LogP contribution in [0.4, 0.5) is 14.5 Å². The van der Waals surface area contributed by atoms with Gasteiger partial charge in [0.25, 0.3) is 0 Å². The minimum absolute atomic E-state index is 0.569. The summed E-state index contributed by atoms with van der Waals surface area (Å²) >= 11 is 0. The van der Waals surface area contributed by atoms with Gasteiger partial charge in [-0.2, -0.15) is 0 Å². The van der Waals surface area contributed by atoms with Crippen LogP contribution in [0.5, 0.6) is 5.75 Å². The third kappa shape index (κ3) is 1.46. The molecule has 4 nitrogen and oxygen atoms in total. The van der Waals surface area contributed by atoms with Crippen molar-refractivity contribution in [3.05, 3.63) is 23.3 Å². The largest absolute Gasteiger partial charge is 0.493 e. The van der Waals surface area contributed by atoms with E-state index >= 15 is 0 Å². The van der Waals surface area contributed by atoms with E-state index < -0.39 is 34.6 Å². The van der Waals surface area contributed by atoms with E-state index in [1.807, 2.05) is 0 Å². The van der Waals surface area contributed by atoms with Gasteiger partial charge in [-0.3, -0.25) is 0 Å². The molecule has 0 heterocycles. The molecule has 0 radical (unpaired) electrons. The summed E-state index contributed by atoms with van der Waals surface area (Å²) in [6.07, 6.45) is 0. The van der Waals surface area contributed by atoms with Gasteiger partial charge in [0.15, 0.2) is 17.4 Å². The Balaban J connectivity index is 3.56. The molecule has 76 valence electrons. The lowest BCUT2D eigenvalue weighted by Crippen LogP contribution is -2.08. The number of carbonyl (C=O) groups is 1. The van der Waals surface area contributed by atoms with Crippen LogP contribution in [0.2, 0.25) is 0 Å². The van der Waals surface area contributed by atoms with Gasteiger partial charge in [-0.1, -0.05) is 0 Å². The smallest absolute Gasteiger partial charge is 0.342 e. The van der Waals surface area contributed by atoms with E-state index in [0.29, 0.717) is 6.07 Å². The van der Waals surface area contributed by atoms with E-state index in [0.717, 1.165) is 7.11 Å². The number of nitrogen functional groups attached to an aromatic ring is 1. The van der Waals surface area contributed by atoms with Crippen LogP contribution in [0.1, 0.15) is 10.4 Å². The molecule has 0 saturated heterocycles. The molecule has 0 aliphatic heterocycles. The van der Waals surface area contributed by atoms with Crippen molar-refractivity contribution in [1.29, 1.82) is 0 Å². The predicted molar refractivity (Wildman–Crippen MR) is 44.3 cm³/mol. The molecule has 0 fully saturated rings. The molecular formula is C8H7F2NO3.